The molecule has 0 aromatic carbocycles. The zero-order chi connectivity index (χ0) is 14.7. The number of ether oxygens (including phenoxy) is 2. The Morgan fingerprint density at radius 1 is 0.895 bits per heavy atom. The Morgan fingerprint density at radius 3 is 1.63 bits per heavy atom. The SMILES string of the molecule is CCCCOC(=O)C(CC(C)=O)C(=O)OCCCC. The average Bonchev–Trinajstić information content (AvgIpc) is 2.36. The van der Waals surface area contributed by atoms with Gasteiger partial charge < -0.3 is 9.47 Å². The summed E-state index contributed by atoms with van der Waals surface area (Å²) in [7, 11) is 0. The minimum atomic E-state index is -1.12. The lowest BCUT2D eigenvalue weighted by molar-refractivity contribution is -0.163. The molecule has 0 N–H and O–H groups in total. The van der Waals surface area contributed by atoms with Crippen molar-refractivity contribution in [2.45, 2.75) is 52.9 Å². The first kappa shape index (κ1) is 17.6. The van der Waals surface area contributed by atoms with Crippen LogP contribution in [0.4, 0.5) is 0 Å². The number of hydrogen-bond acceptors (Lipinski definition) is 5. The first-order chi connectivity index (χ1) is 9.02. The number of carbonyl (C=O) groups excluding carboxylic acids is 3. The Hall–Kier alpha value is -1.39. The fourth-order valence-corrected chi connectivity index (χ4v) is 1.39. The maximum Gasteiger partial charge on any atom is 0.320 e. The standard InChI is InChI=1S/C14H24O5/c1-4-6-8-18-13(16)12(10-11(3)15)14(17)19-9-7-5-2/h12H,4-10H2,1-3H3. The fraction of sp³-hybridized carbons (Fsp3) is 0.786. The van der Waals surface area contributed by atoms with E-state index in [1.165, 1.54) is 6.92 Å². The quantitative estimate of drug-likeness (QED) is 0.346. The lowest BCUT2D eigenvalue weighted by atomic mass is 10.0. The van der Waals surface area contributed by atoms with Crippen LogP contribution in [0.5, 0.6) is 0 Å². The molecule has 0 aliphatic rings. The van der Waals surface area contributed by atoms with Crippen LogP contribution in [0, 0.1) is 5.92 Å². The molecule has 0 radical (unpaired) electrons. The van der Waals surface area contributed by atoms with Crippen molar-refractivity contribution in [3.63, 3.8) is 0 Å². The molecule has 0 aliphatic carbocycles. The number of esters is 2. The number of carbonyl (C=O) groups is 3. The average molecular weight is 272 g/mol. The highest BCUT2D eigenvalue weighted by atomic mass is 16.6. The van der Waals surface area contributed by atoms with Crippen molar-refractivity contribution in [3.8, 4) is 0 Å². The third kappa shape index (κ3) is 8.35. The lowest BCUT2D eigenvalue weighted by Gasteiger charge is -2.14. The van der Waals surface area contributed by atoms with Crippen molar-refractivity contribution >= 4 is 17.7 Å². The van der Waals surface area contributed by atoms with Crippen molar-refractivity contribution in [2.24, 2.45) is 5.92 Å². The third-order valence-corrected chi connectivity index (χ3v) is 2.55. The number of hydrogen-bond donors (Lipinski definition) is 0. The summed E-state index contributed by atoms with van der Waals surface area (Å²) in [6.07, 6.45) is 3.11. The molecule has 0 aromatic rings. The van der Waals surface area contributed by atoms with Crippen LogP contribution in [-0.4, -0.2) is 30.9 Å². The highest BCUT2D eigenvalue weighted by molar-refractivity contribution is 5.98. The van der Waals surface area contributed by atoms with Crippen LogP contribution in [0.25, 0.3) is 0 Å². The maximum atomic E-state index is 11.8. The van der Waals surface area contributed by atoms with Crippen LogP contribution in [-0.2, 0) is 23.9 Å². The van der Waals surface area contributed by atoms with Gasteiger partial charge in [0.25, 0.3) is 0 Å². The Bertz CT molecular complexity index is 276. The molecule has 0 atom stereocenters. The van der Waals surface area contributed by atoms with E-state index in [-0.39, 0.29) is 25.4 Å². The lowest BCUT2D eigenvalue weighted by Crippen LogP contribution is -2.30. The van der Waals surface area contributed by atoms with Gasteiger partial charge in [-0.25, -0.2) is 0 Å². The van der Waals surface area contributed by atoms with Crippen LogP contribution in [0.15, 0.2) is 0 Å². The smallest absolute Gasteiger partial charge is 0.320 e. The summed E-state index contributed by atoms with van der Waals surface area (Å²) in [5.74, 6) is -2.67. The van der Waals surface area contributed by atoms with Gasteiger partial charge in [-0.15, -0.1) is 0 Å². The molecule has 0 unspecified atom stereocenters. The number of Topliss-reactive ketones (excluding diaryl/α,β-unsaturated/α-hetero) is 1. The van der Waals surface area contributed by atoms with E-state index in [0.29, 0.717) is 0 Å². The number of rotatable bonds is 10. The monoisotopic (exact) mass is 272 g/mol. The van der Waals surface area contributed by atoms with Crippen molar-refractivity contribution in [2.75, 3.05) is 13.2 Å². The molecule has 5 nitrogen and oxygen atoms in total. The van der Waals surface area contributed by atoms with E-state index in [4.69, 9.17) is 9.47 Å². The van der Waals surface area contributed by atoms with E-state index in [1.54, 1.807) is 0 Å². The van der Waals surface area contributed by atoms with Crippen molar-refractivity contribution in [3.05, 3.63) is 0 Å². The highest BCUT2D eigenvalue weighted by Gasteiger charge is 2.30. The summed E-state index contributed by atoms with van der Waals surface area (Å²) in [5.41, 5.74) is 0. The molecule has 19 heavy (non-hydrogen) atoms. The molecule has 0 aliphatic heterocycles. The molecule has 0 spiro atoms. The van der Waals surface area contributed by atoms with Crippen molar-refractivity contribution in [1.82, 2.24) is 0 Å². The molecule has 0 heterocycles. The van der Waals surface area contributed by atoms with Gasteiger partial charge in [0.1, 0.15) is 5.78 Å². The molecule has 0 aromatic heterocycles. The number of ketones is 1. The van der Waals surface area contributed by atoms with Crippen LogP contribution < -0.4 is 0 Å². The Morgan fingerprint density at radius 2 is 1.32 bits per heavy atom. The van der Waals surface area contributed by atoms with E-state index in [9.17, 15) is 14.4 Å². The molecule has 0 saturated carbocycles. The minimum Gasteiger partial charge on any atom is -0.465 e. The van der Waals surface area contributed by atoms with E-state index in [2.05, 4.69) is 0 Å². The largest absolute Gasteiger partial charge is 0.465 e. The van der Waals surface area contributed by atoms with Crippen LogP contribution >= 0.6 is 0 Å². The molecule has 5 heteroatoms. The summed E-state index contributed by atoms with van der Waals surface area (Å²) in [6, 6.07) is 0. The fourth-order valence-electron chi connectivity index (χ4n) is 1.39. The van der Waals surface area contributed by atoms with Gasteiger partial charge in [-0.3, -0.25) is 14.4 Å². The minimum absolute atomic E-state index is 0.157. The van der Waals surface area contributed by atoms with Gasteiger partial charge in [0.05, 0.1) is 13.2 Å². The maximum absolute atomic E-state index is 11.8. The molecule has 0 rings (SSSR count). The van der Waals surface area contributed by atoms with Gasteiger partial charge in [-0.05, 0) is 19.8 Å². The predicted molar refractivity (Wildman–Crippen MR) is 70.5 cm³/mol. The zero-order valence-electron chi connectivity index (χ0n) is 12.1. The normalized spacial score (nSPS) is 10.3. The van der Waals surface area contributed by atoms with Gasteiger partial charge in [-0.2, -0.15) is 0 Å². The molecule has 0 fully saturated rings. The van der Waals surface area contributed by atoms with E-state index in [1.807, 2.05) is 13.8 Å². The van der Waals surface area contributed by atoms with E-state index in [0.717, 1.165) is 25.7 Å². The van der Waals surface area contributed by atoms with Crippen LogP contribution in [0.1, 0.15) is 52.9 Å². The Balaban J connectivity index is 4.38. The second kappa shape index (κ2) is 10.5. The van der Waals surface area contributed by atoms with E-state index < -0.39 is 17.9 Å². The molecule has 0 bridgehead atoms. The molecule has 110 valence electrons. The first-order valence-electron chi connectivity index (χ1n) is 6.85. The first-order valence-corrected chi connectivity index (χ1v) is 6.85. The summed E-state index contributed by atoms with van der Waals surface area (Å²) in [6.45, 7) is 5.82. The van der Waals surface area contributed by atoms with Gasteiger partial charge >= 0.3 is 11.9 Å². The summed E-state index contributed by atoms with van der Waals surface area (Å²) in [4.78, 5) is 34.6. The van der Waals surface area contributed by atoms with E-state index >= 15 is 0 Å². The topological polar surface area (TPSA) is 69.7 Å². The Labute approximate surface area is 114 Å². The molecule has 0 saturated heterocycles. The molecular formula is C14H24O5. The van der Waals surface area contributed by atoms with Gasteiger partial charge in [0, 0.05) is 6.42 Å². The zero-order valence-corrected chi connectivity index (χ0v) is 12.1. The van der Waals surface area contributed by atoms with Gasteiger partial charge in [-0.1, -0.05) is 26.7 Å². The summed E-state index contributed by atoms with van der Waals surface area (Å²) in [5, 5.41) is 0. The third-order valence-electron chi connectivity index (χ3n) is 2.55. The highest BCUT2D eigenvalue weighted by Crippen LogP contribution is 2.10. The van der Waals surface area contributed by atoms with Crippen LogP contribution in [0.2, 0.25) is 0 Å². The van der Waals surface area contributed by atoms with Gasteiger partial charge in [0.2, 0.25) is 0 Å². The molecule has 0 amide bonds. The van der Waals surface area contributed by atoms with Crippen molar-refractivity contribution in [1.29, 1.82) is 0 Å². The van der Waals surface area contributed by atoms with Crippen molar-refractivity contribution < 1.29 is 23.9 Å². The van der Waals surface area contributed by atoms with Crippen LogP contribution in [0.3, 0.4) is 0 Å². The second-order valence-corrected chi connectivity index (χ2v) is 4.50. The summed E-state index contributed by atoms with van der Waals surface area (Å²) < 4.78 is 9.96. The van der Waals surface area contributed by atoms with Gasteiger partial charge in [0.15, 0.2) is 5.92 Å². The predicted octanol–water partition coefficient (Wildman–Crippen LogP) is 2.27. The number of unbranched alkanes of at least 4 members (excludes halogenated alkanes) is 2. The second-order valence-electron chi connectivity index (χ2n) is 4.50. The Kier molecular flexibility index (Phi) is 9.75. The molecular weight excluding hydrogens is 248 g/mol. The summed E-state index contributed by atoms with van der Waals surface area (Å²) >= 11 is 0.